The molecule has 1 heterocycles. The molecule has 0 spiro atoms. The Morgan fingerprint density at radius 3 is 2.85 bits per heavy atom. The maximum absolute atomic E-state index is 10.7. The minimum absolute atomic E-state index is 0.113. The van der Waals surface area contributed by atoms with Gasteiger partial charge in [-0.1, -0.05) is 19.8 Å². The second-order valence-electron chi connectivity index (χ2n) is 3.60. The van der Waals surface area contributed by atoms with Gasteiger partial charge in [0.25, 0.3) is 0 Å². The van der Waals surface area contributed by atoms with Crippen LogP contribution in [0.3, 0.4) is 0 Å². The first-order valence-corrected chi connectivity index (χ1v) is 4.81. The summed E-state index contributed by atoms with van der Waals surface area (Å²) < 4.78 is 0. The van der Waals surface area contributed by atoms with Crippen molar-refractivity contribution in [2.75, 3.05) is 6.54 Å². The molecule has 0 aliphatic carbocycles. The van der Waals surface area contributed by atoms with E-state index in [-0.39, 0.29) is 5.92 Å². The number of carbonyl (C=O) groups is 1. The predicted octanol–water partition coefficient (Wildman–Crippen LogP) is 0.210. The fraction of sp³-hybridized carbons (Fsp3) is 0.889. The smallest absolute Gasteiger partial charge is 0.321 e. The molecule has 3 unspecified atom stereocenters. The zero-order valence-electron chi connectivity index (χ0n) is 7.86. The standard InChI is InChI=1S/C9H17NO3/c1-2-3-4-6-7(11)5-10-8(6)9(12)13/h6-8,10-11H,2-5H2,1H3,(H,12,13). The van der Waals surface area contributed by atoms with E-state index in [1.54, 1.807) is 0 Å². The van der Waals surface area contributed by atoms with Gasteiger partial charge in [-0.3, -0.25) is 4.79 Å². The minimum atomic E-state index is -0.849. The van der Waals surface area contributed by atoms with Crippen molar-refractivity contribution in [2.45, 2.75) is 38.3 Å². The van der Waals surface area contributed by atoms with Crippen LogP contribution in [-0.2, 0) is 4.79 Å². The van der Waals surface area contributed by atoms with Crippen molar-refractivity contribution < 1.29 is 15.0 Å². The van der Waals surface area contributed by atoms with Gasteiger partial charge in [0.1, 0.15) is 6.04 Å². The Labute approximate surface area is 78.0 Å². The highest BCUT2D eigenvalue weighted by atomic mass is 16.4. The molecule has 13 heavy (non-hydrogen) atoms. The topological polar surface area (TPSA) is 69.6 Å². The van der Waals surface area contributed by atoms with Crippen molar-refractivity contribution in [3.05, 3.63) is 0 Å². The quantitative estimate of drug-likeness (QED) is 0.588. The molecule has 3 N–H and O–H groups in total. The van der Waals surface area contributed by atoms with E-state index >= 15 is 0 Å². The number of carboxylic acid groups (broad SMARTS) is 1. The van der Waals surface area contributed by atoms with Crippen LogP contribution < -0.4 is 5.32 Å². The second-order valence-corrected chi connectivity index (χ2v) is 3.60. The summed E-state index contributed by atoms with van der Waals surface area (Å²) in [5.74, 6) is -0.963. The van der Waals surface area contributed by atoms with Crippen molar-refractivity contribution in [3.63, 3.8) is 0 Å². The van der Waals surface area contributed by atoms with Crippen LogP contribution in [0.1, 0.15) is 26.2 Å². The highest BCUT2D eigenvalue weighted by Gasteiger charge is 2.38. The molecule has 0 radical (unpaired) electrons. The molecular formula is C9H17NO3. The summed E-state index contributed by atoms with van der Waals surface area (Å²) in [5, 5.41) is 21.2. The summed E-state index contributed by atoms with van der Waals surface area (Å²) in [4.78, 5) is 10.7. The zero-order valence-corrected chi connectivity index (χ0v) is 7.86. The number of carboxylic acids is 1. The van der Waals surface area contributed by atoms with Crippen molar-refractivity contribution >= 4 is 5.97 Å². The van der Waals surface area contributed by atoms with Crippen LogP contribution in [0.2, 0.25) is 0 Å². The number of unbranched alkanes of at least 4 members (excludes halogenated alkanes) is 1. The third-order valence-corrected chi connectivity index (χ3v) is 2.63. The lowest BCUT2D eigenvalue weighted by atomic mass is 9.92. The Balaban J connectivity index is 2.50. The Bertz CT molecular complexity index is 184. The number of aliphatic hydroxyl groups excluding tert-OH is 1. The van der Waals surface area contributed by atoms with Gasteiger partial charge < -0.3 is 15.5 Å². The van der Waals surface area contributed by atoms with Gasteiger partial charge in [-0.05, 0) is 6.42 Å². The van der Waals surface area contributed by atoms with Crippen molar-refractivity contribution in [3.8, 4) is 0 Å². The summed E-state index contributed by atoms with van der Waals surface area (Å²) in [5.41, 5.74) is 0. The fourth-order valence-electron chi connectivity index (χ4n) is 1.84. The second kappa shape index (κ2) is 4.58. The van der Waals surface area contributed by atoms with Crippen LogP contribution in [0.4, 0.5) is 0 Å². The SMILES string of the molecule is CCCCC1C(O)CNC1C(=O)O. The van der Waals surface area contributed by atoms with E-state index in [0.29, 0.717) is 6.54 Å². The van der Waals surface area contributed by atoms with Gasteiger partial charge in [0.2, 0.25) is 0 Å². The van der Waals surface area contributed by atoms with Gasteiger partial charge in [0.15, 0.2) is 0 Å². The molecule has 0 bridgehead atoms. The van der Waals surface area contributed by atoms with E-state index in [9.17, 15) is 9.90 Å². The number of β-amino-alcohol motifs (C(OH)–C–C–N with tert-alkyl or cyclic N) is 1. The van der Waals surface area contributed by atoms with E-state index in [2.05, 4.69) is 12.2 Å². The van der Waals surface area contributed by atoms with Crippen LogP contribution in [0, 0.1) is 5.92 Å². The average molecular weight is 187 g/mol. The van der Waals surface area contributed by atoms with E-state index < -0.39 is 18.1 Å². The molecule has 0 aromatic carbocycles. The van der Waals surface area contributed by atoms with Crippen LogP contribution in [0.25, 0.3) is 0 Å². The zero-order chi connectivity index (χ0) is 9.84. The largest absolute Gasteiger partial charge is 0.480 e. The van der Waals surface area contributed by atoms with Crippen LogP contribution in [0.5, 0.6) is 0 Å². The first kappa shape index (κ1) is 10.5. The number of aliphatic hydroxyl groups is 1. The Hall–Kier alpha value is -0.610. The molecule has 0 saturated carbocycles. The van der Waals surface area contributed by atoms with Gasteiger partial charge in [0, 0.05) is 12.5 Å². The van der Waals surface area contributed by atoms with Gasteiger partial charge in [0.05, 0.1) is 6.10 Å². The molecule has 4 nitrogen and oxygen atoms in total. The molecule has 76 valence electrons. The highest BCUT2D eigenvalue weighted by molar-refractivity contribution is 5.74. The summed E-state index contributed by atoms with van der Waals surface area (Å²) in [6.45, 7) is 2.47. The lowest BCUT2D eigenvalue weighted by Crippen LogP contribution is -2.36. The summed E-state index contributed by atoms with van der Waals surface area (Å²) in [6, 6.07) is -0.554. The maximum atomic E-state index is 10.7. The molecule has 0 aromatic heterocycles. The lowest BCUT2D eigenvalue weighted by molar-refractivity contribution is -0.140. The number of rotatable bonds is 4. The van der Waals surface area contributed by atoms with E-state index in [0.717, 1.165) is 19.3 Å². The third kappa shape index (κ3) is 2.42. The van der Waals surface area contributed by atoms with Gasteiger partial charge in [-0.25, -0.2) is 0 Å². The normalized spacial score (nSPS) is 33.5. The van der Waals surface area contributed by atoms with Gasteiger partial charge >= 0.3 is 5.97 Å². The van der Waals surface area contributed by atoms with Crippen LogP contribution in [-0.4, -0.2) is 34.9 Å². The maximum Gasteiger partial charge on any atom is 0.321 e. The Morgan fingerprint density at radius 1 is 1.62 bits per heavy atom. The highest BCUT2D eigenvalue weighted by Crippen LogP contribution is 2.22. The van der Waals surface area contributed by atoms with Crippen LogP contribution in [0.15, 0.2) is 0 Å². The van der Waals surface area contributed by atoms with Crippen molar-refractivity contribution in [1.29, 1.82) is 0 Å². The molecule has 4 heteroatoms. The van der Waals surface area contributed by atoms with Crippen molar-refractivity contribution in [1.82, 2.24) is 5.32 Å². The lowest BCUT2D eigenvalue weighted by Gasteiger charge is -2.17. The molecule has 1 aliphatic heterocycles. The minimum Gasteiger partial charge on any atom is -0.480 e. The molecule has 3 atom stereocenters. The van der Waals surface area contributed by atoms with E-state index in [4.69, 9.17) is 5.11 Å². The molecule has 1 saturated heterocycles. The third-order valence-electron chi connectivity index (χ3n) is 2.63. The van der Waals surface area contributed by atoms with E-state index in [1.807, 2.05) is 0 Å². The number of nitrogens with one attached hydrogen (secondary N) is 1. The molecule has 0 aromatic rings. The Morgan fingerprint density at radius 2 is 2.31 bits per heavy atom. The summed E-state index contributed by atoms with van der Waals surface area (Å²) in [7, 11) is 0. The summed E-state index contributed by atoms with van der Waals surface area (Å²) >= 11 is 0. The van der Waals surface area contributed by atoms with Crippen LogP contribution >= 0.6 is 0 Å². The monoisotopic (exact) mass is 187 g/mol. The molecule has 1 fully saturated rings. The van der Waals surface area contributed by atoms with Gasteiger partial charge in [-0.2, -0.15) is 0 Å². The first-order chi connectivity index (χ1) is 6.16. The van der Waals surface area contributed by atoms with Gasteiger partial charge in [-0.15, -0.1) is 0 Å². The first-order valence-electron chi connectivity index (χ1n) is 4.81. The Kier molecular flexibility index (Phi) is 3.69. The number of hydrogen-bond acceptors (Lipinski definition) is 3. The van der Waals surface area contributed by atoms with E-state index in [1.165, 1.54) is 0 Å². The average Bonchev–Trinajstić information content (AvgIpc) is 2.43. The molecule has 1 aliphatic rings. The molecule has 1 rings (SSSR count). The molecule has 0 amide bonds. The molecular weight excluding hydrogens is 170 g/mol. The fourth-order valence-corrected chi connectivity index (χ4v) is 1.84. The van der Waals surface area contributed by atoms with Crippen molar-refractivity contribution in [2.24, 2.45) is 5.92 Å². The number of hydrogen-bond donors (Lipinski definition) is 3. The number of aliphatic carboxylic acids is 1. The predicted molar refractivity (Wildman–Crippen MR) is 48.4 cm³/mol. The summed E-state index contributed by atoms with van der Waals surface area (Å²) in [6.07, 6.45) is 2.32.